The normalized spacial score (nSPS) is 15.6. The van der Waals surface area contributed by atoms with Gasteiger partial charge in [-0.25, -0.2) is 0 Å². The largest absolute Gasteiger partial charge is 0.490 e. The van der Waals surface area contributed by atoms with Crippen LogP contribution in [0.4, 0.5) is 11.4 Å². The van der Waals surface area contributed by atoms with E-state index in [1.54, 1.807) is 0 Å². The molecule has 0 saturated heterocycles. The molecule has 1 amide bonds. The van der Waals surface area contributed by atoms with E-state index in [2.05, 4.69) is 24.1 Å². The number of carbonyl (C=O) groups is 1. The number of carbonyl (C=O) groups excluding carboxylic acids is 1. The molecule has 0 spiro atoms. The highest BCUT2D eigenvalue weighted by atomic mass is 16.5. The number of benzene rings is 1. The number of likely N-dealkylation sites (N-methyl/N-ethyl adjacent to an activating group) is 1. The molecule has 5 heteroatoms. The number of anilines is 2. The number of hydrogen-bond acceptors (Lipinski definition) is 4. The summed E-state index contributed by atoms with van der Waals surface area (Å²) in [6, 6.07) is 5.18. The number of nitrogens with two attached hydrogens (primary N) is 1. The maximum Gasteiger partial charge on any atom is 0.241 e. The number of ether oxygens (including phenoxy) is 1. The molecule has 5 nitrogen and oxygen atoms in total. The number of hydrogen-bond donors (Lipinski definition) is 2. The van der Waals surface area contributed by atoms with Gasteiger partial charge in [-0.3, -0.25) is 4.79 Å². The Balaban J connectivity index is 2.07. The van der Waals surface area contributed by atoms with E-state index < -0.39 is 6.04 Å². The topological polar surface area (TPSA) is 67.6 Å². The van der Waals surface area contributed by atoms with Crippen molar-refractivity contribution in [3.8, 4) is 5.75 Å². The van der Waals surface area contributed by atoms with Gasteiger partial charge in [-0.2, -0.15) is 0 Å². The first-order chi connectivity index (χ1) is 9.47. The molecule has 0 unspecified atom stereocenters. The van der Waals surface area contributed by atoms with Gasteiger partial charge in [0.1, 0.15) is 12.4 Å². The fourth-order valence-corrected chi connectivity index (χ4v) is 2.28. The molecule has 0 bridgehead atoms. The van der Waals surface area contributed by atoms with Gasteiger partial charge in [0, 0.05) is 12.7 Å². The van der Waals surface area contributed by atoms with Crippen molar-refractivity contribution in [3.05, 3.63) is 18.2 Å². The Morgan fingerprint density at radius 1 is 1.50 bits per heavy atom. The zero-order valence-electron chi connectivity index (χ0n) is 12.3. The predicted molar refractivity (Wildman–Crippen MR) is 81.3 cm³/mol. The Kier molecular flexibility index (Phi) is 4.49. The SMILES string of the molecule is CC(C)C[C@H](N)C(=O)Nc1ccc2c(c1)N(C)CCO2. The van der Waals surface area contributed by atoms with Gasteiger partial charge < -0.3 is 20.7 Å². The lowest BCUT2D eigenvalue weighted by Gasteiger charge is -2.28. The zero-order valence-corrected chi connectivity index (χ0v) is 12.3. The Bertz CT molecular complexity index is 488. The highest BCUT2D eigenvalue weighted by Crippen LogP contribution is 2.33. The first kappa shape index (κ1) is 14.7. The quantitative estimate of drug-likeness (QED) is 0.881. The van der Waals surface area contributed by atoms with Crippen LogP contribution >= 0.6 is 0 Å². The summed E-state index contributed by atoms with van der Waals surface area (Å²) in [5.41, 5.74) is 7.63. The molecule has 1 heterocycles. The number of amides is 1. The number of rotatable bonds is 4. The summed E-state index contributed by atoms with van der Waals surface area (Å²) in [6.45, 7) is 5.64. The van der Waals surface area contributed by atoms with Crippen LogP contribution in [0, 0.1) is 5.92 Å². The zero-order chi connectivity index (χ0) is 14.7. The van der Waals surface area contributed by atoms with Crippen molar-refractivity contribution in [2.24, 2.45) is 11.7 Å². The van der Waals surface area contributed by atoms with Gasteiger partial charge in [0.25, 0.3) is 0 Å². The minimum Gasteiger partial charge on any atom is -0.490 e. The molecule has 1 aromatic rings. The van der Waals surface area contributed by atoms with Crippen LogP contribution in [0.5, 0.6) is 5.75 Å². The van der Waals surface area contributed by atoms with Gasteiger partial charge in [0.2, 0.25) is 5.91 Å². The van der Waals surface area contributed by atoms with Crippen LogP contribution in [0.1, 0.15) is 20.3 Å². The summed E-state index contributed by atoms with van der Waals surface area (Å²) in [4.78, 5) is 14.1. The van der Waals surface area contributed by atoms with Crippen LogP contribution in [0.15, 0.2) is 18.2 Å². The predicted octanol–water partition coefficient (Wildman–Crippen LogP) is 1.83. The average molecular weight is 277 g/mol. The molecular weight excluding hydrogens is 254 g/mol. The van der Waals surface area contributed by atoms with Crippen LogP contribution in [-0.2, 0) is 4.79 Å². The van der Waals surface area contributed by atoms with E-state index in [0.29, 0.717) is 18.9 Å². The fourth-order valence-electron chi connectivity index (χ4n) is 2.28. The molecule has 3 N–H and O–H groups in total. The third-order valence-corrected chi connectivity index (χ3v) is 3.38. The Morgan fingerprint density at radius 2 is 2.25 bits per heavy atom. The van der Waals surface area contributed by atoms with Crippen molar-refractivity contribution in [2.75, 3.05) is 30.4 Å². The third-order valence-electron chi connectivity index (χ3n) is 3.38. The first-order valence-electron chi connectivity index (χ1n) is 7.02. The Hall–Kier alpha value is -1.75. The van der Waals surface area contributed by atoms with E-state index in [1.807, 2.05) is 25.2 Å². The minimum atomic E-state index is -0.472. The lowest BCUT2D eigenvalue weighted by molar-refractivity contribution is -0.117. The molecule has 1 atom stereocenters. The second kappa shape index (κ2) is 6.13. The molecule has 0 radical (unpaired) electrons. The van der Waals surface area contributed by atoms with Crippen molar-refractivity contribution in [1.82, 2.24) is 0 Å². The van der Waals surface area contributed by atoms with E-state index >= 15 is 0 Å². The van der Waals surface area contributed by atoms with Gasteiger partial charge in [-0.05, 0) is 30.5 Å². The highest BCUT2D eigenvalue weighted by molar-refractivity contribution is 5.95. The maximum absolute atomic E-state index is 12.0. The fraction of sp³-hybridized carbons (Fsp3) is 0.533. The van der Waals surface area contributed by atoms with Crippen molar-refractivity contribution in [1.29, 1.82) is 0 Å². The summed E-state index contributed by atoms with van der Waals surface area (Å²) < 4.78 is 5.57. The van der Waals surface area contributed by atoms with Gasteiger partial charge in [0.05, 0.1) is 18.3 Å². The van der Waals surface area contributed by atoms with Gasteiger partial charge in [-0.1, -0.05) is 13.8 Å². The van der Waals surface area contributed by atoms with Gasteiger partial charge in [-0.15, -0.1) is 0 Å². The highest BCUT2D eigenvalue weighted by Gasteiger charge is 2.18. The molecule has 20 heavy (non-hydrogen) atoms. The molecule has 1 aromatic carbocycles. The molecule has 0 fully saturated rings. The number of fused-ring (bicyclic) bond motifs is 1. The van der Waals surface area contributed by atoms with Crippen molar-refractivity contribution >= 4 is 17.3 Å². The Morgan fingerprint density at radius 3 is 2.95 bits per heavy atom. The molecule has 110 valence electrons. The summed E-state index contributed by atoms with van der Waals surface area (Å²) in [7, 11) is 2.01. The summed E-state index contributed by atoms with van der Waals surface area (Å²) in [6.07, 6.45) is 0.680. The van der Waals surface area contributed by atoms with Crippen molar-refractivity contribution in [3.63, 3.8) is 0 Å². The minimum absolute atomic E-state index is 0.141. The monoisotopic (exact) mass is 277 g/mol. The second-order valence-electron chi connectivity index (χ2n) is 5.68. The third kappa shape index (κ3) is 3.42. The van der Waals surface area contributed by atoms with Crippen LogP contribution < -0.4 is 20.7 Å². The van der Waals surface area contributed by atoms with Crippen molar-refractivity contribution in [2.45, 2.75) is 26.3 Å². The molecule has 2 rings (SSSR count). The lowest BCUT2D eigenvalue weighted by atomic mass is 10.0. The maximum atomic E-state index is 12.0. The summed E-state index contributed by atoms with van der Waals surface area (Å²) in [5.74, 6) is 1.11. The Labute approximate surface area is 120 Å². The van der Waals surface area contributed by atoms with E-state index in [-0.39, 0.29) is 5.91 Å². The lowest BCUT2D eigenvalue weighted by Crippen LogP contribution is -2.36. The first-order valence-corrected chi connectivity index (χ1v) is 7.02. The molecule has 1 aliphatic rings. The summed E-state index contributed by atoms with van der Waals surface area (Å²) >= 11 is 0. The second-order valence-corrected chi connectivity index (χ2v) is 5.68. The van der Waals surface area contributed by atoms with Gasteiger partial charge in [0.15, 0.2) is 0 Å². The van der Waals surface area contributed by atoms with Gasteiger partial charge >= 0.3 is 0 Å². The van der Waals surface area contributed by atoms with E-state index in [0.717, 1.165) is 23.7 Å². The summed E-state index contributed by atoms with van der Waals surface area (Å²) in [5, 5.41) is 2.87. The van der Waals surface area contributed by atoms with E-state index in [4.69, 9.17) is 10.5 Å². The number of nitrogens with zero attached hydrogens (tertiary/aromatic N) is 1. The molecule has 0 aromatic heterocycles. The van der Waals surface area contributed by atoms with Crippen LogP contribution in [0.3, 0.4) is 0 Å². The van der Waals surface area contributed by atoms with Crippen LogP contribution in [0.25, 0.3) is 0 Å². The van der Waals surface area contributed by atoms with E-state index in [1.165, 1.54) is 0 Å². The number of nitrogens with one attached hydrogen (secondary N) is 1. The molecule has 0 saturated carbocycles. The molecule has 0 aliphatic carbocycles. The van der Waals surface area contributed by atoms with Crippen molar-refractivity contribution < 1.29 is 9.53 Å². The molecular formula is C15H23N3O2. The standard InChI is InChI=1S/C15H23N3O2/c1-10(2)8-12(16)15(19)17-11-4-5-14-13(9-11)18(3)6-7-20-14/h4-5,9-10,12H,6-8,16H2,1-3H3,(H,17,19)/t12-/m0/s1. The van der Waals surface area contributed by atoms with Crippen LogP contribution in [0.2, 0.25) is 0 Å². The van der Waals surface area contributed by atoms with E-state index in [9.17, 15) is 4.79 Å². The average Bonchev–Trinajstić information content (AvgIpc) is 2.39. The van der Waals surface area contributed by atoms with Crippen LogP contribution in [-0.4, -0.2) is 32.1 Å². The smallest absolute Gasteiger partial charge is 0.241 e. The molecule has 1 aliphatic heterocycles.